The Bertz CT molecular complexity index is 1170. The van der Waals surface area contributed by atoms with Gasteiger partial charge in [0.1, 0.15) is 12.1 Å². The predicted octanol–water partition coefficient (Wildman–Crippen LogP) is 0.557. The Morgan fingerprint density at radius 2 is 1.61 bits per heavy atom. The van der Waals surface area contributed by atoms with E-state index in [0.717, 1.165) is 36.4 Å². The van der Waals surface area contributed by atoms with Crippen molar-refractivity contribution < 1.29 is 42.9 Å². The number of hydrogen-bond acceptors (Lipinski definition) is 8. The molecule has 1 aromatic carbocycles. The van der Waals surface area contributed by atoms with Crippen molar-refractivity contribution in [3.8, 4) is 0 Å². The van der Waals surface area contributed by atoms with Gasteiger partial charge in [0.15, 0.2) is 0 Å². The van der Waals surface area contributed by atoms with Crippen molar-refractivity contribution in [3.05, 3.63) is 35.9 Å². The van der Waals surface area contributed by atoms with Gasteiger partial charge in [-0.05, 0) is 36.7 Å². The fourth-order valence-corrected chi connectivity index (χ4v) is 7.11. The van der Waals surface area contributed by atoms with E-state index in [1.807, 2.05) is 13.8 Å². The fourth-order valence-electron chi connectivity index (χ4n) is 5.78. The Morgan fingerprint density at radius 3 is 2.20 bits per heavy atom. The summed E-state index contributed by atoms with van der Waals surface area (Å²) in [4.78, 5) is 39.1. The van der Waals surface area contributed by atoms with Crippen LogP contribution in [0.2, 0.25) is 0 Å². The maximum Gasteiger partial charge on any atom is 0.336 e. The number of benzene rings is 1. The molecule has 0 bridgehead atoms. The zero-order valence-corrected chi connectivity index (χ0v) is 26.4. The molecular weight excluding hydrogens is 592 g/mol. The van der Waals surface area contributed by atoms with Crippen molar-refractivity contribution in [3.63, 3.8) is 0 Å². The minimum atomic E-state index is -4.16. The van der Waals surface area contributed by atoms with Gasteiger partial charge < -0.3 is 30.7 Å². The van der Waals surface area contributed by atoms with Crippen LogP contribution >= 0.6 is 0 Å². The minimum Gasteiger partial charge on any atom is -0.479 e. The molecule has 13 nitrogen and oxygen atoms in total. The summed E-state index contributed by atoms with van der Waals surface area (Å²) in [6.07, 6.45) is 2.92. The first-order chi connectivity index (χ1) is 20.9. The number of rotatable bonds is 16. The fraction of sp³-hybridized carbons (Fsp3) is 0.700. The number of nitrogens with zero attached hydrogens (tertiary/aromatic N) is 1. The lowest BCUT2D eigenvalue weighted by Gasteiger charge is -2.33. The van der Waals surface area contributed by atoms with Gasteiger partial charge in [0, 0.05) is 13.1 Å². The lowest BCUT2D eigenvalue weighted by atomic mass is 9.82. The number of amides is 2. The van der Waals surface area contributed by atoms with E-state index in [4.69, 9.17) is 4.74 Å². The minimum absolute atomic E-state index is 0.0690. The normalized spacial score (nSPS) is 20.3. The summed E-state index contributed by atoms with van der Waals surface area (Å²) >= 11 is 0. The van der Waals surface area contributed by atoms with Gasteiger partial charge in [0.25, 0.3) is 16.1 Å². The van der Waals surface area contributed by atoms with Crippen molar-refractivity contribution >= 4 is 28.0 Å². The highest BCUT2D eigenvalue weighted by Gasteiger charge is 2.38. The number of hydrogen-bond donors (Lipinski definition) is 6. The molecule has 5 atom stereocenters. The lowest BCUT2D eigenvalue weighted by Crippen LogP contribution is -2.61. The van der Waals surface area contributed by atoms with Crippen molar-refractivity contribution in [1.82, 2.24) is 19.7 Å². The number of carboxylic acids is 1. The van der Waals surface area contributed by atoms with Gasteiger partial charge in [-0.3, -0.25) is 9.59 Å². The summed E-state index contributed by atoms with van der Waals surface area (Å²) < 4.78 is 35.0. The van der Waals surface area contributed by atoms with Crippen molar-refractivity contribution in [2.24, 2.45) is 11.8 Å². The monoisotopic (exact) mass is 640 g/mol. The van der Waals surface area contributed by atoms with Gasteiger partial charge in [0.05, 0.1) is 25.4 Å². The second-order valence-corrected chi connectivity index (χ2v) is 13.9. The summed E-state index contributed by atoms with van der Waals surface area (Å²) in [5.41, 5.74) is 0.614. The van der Waals surface area contributed by atoms with E-state index in [9.17, 15) is 38.1 Å². The molecule has 6 N–H and O–H groups in total. The van der Waals surface area contributed by atoms with Crippen molar-refractivity contribution in [2.45, 2.75) is 95.5 Å². The number of aliphatic hydroxyl groups excluding tert-OH is 2. The molecule has 2 amide bonds. The molecule has 1 aliphatic heterocycles. The van der Waals surface area contributed by atoms with Crippen LogP contribution in [-0.2, 0) is 35.8 Å². The van der Waals surface area contributed by atoms with E-state index in [-0.39, 0.29) is 51.0 Å². The van der Waals surface area contributed by atoms with E-state index >= 15 is 0 Å². The standard InChI is InChI=1S/C30H48N4O9S/c1-20(2)17-25(35)27(36)23(18-21-9-5-3-6-10-21)31-29(38)26(30(39)40)32-28(37)24(19-22-11-7-4-8-12-22)33-44(41,42)34-13-15-43-16-14-34/h4,7-8,11-12,20-21,23-27,33,35-36H,3,5-6,9-10,13-19H2,1-2H3,(H,31,38)(H,32,37)(H,39,40)/t23-,24-,25+,26?,27+/m0/s1. The molecule has 0 aromatic heterocycles. The van der Waals surface area contributed by atoms with E-state index in [1.165, 1.54) is 0 Å². The molecule has 2 aliphatic rings. The molecule has 44 heavy (non-hydrogen) atoms. The largest absolute Gasteiger partial charge is 0.479 e. The summed E-state index contributed by atoms with van der Waals surface area (Å²) in [7, 11) is -4.16. The number of carboxylic acid groups (broad SMARTS) is 1. The highest BCUT2D eigenvalue weighted by atomic mass is 32.2. The molecule has 0 spiro atoms. The second kappa shape index (κ2) is 17.2. The quantitative estimate of drug-likeness (QED) is 0.140. The molecule has 2 fully saturated rings. The topological polar surface area (TPSA) is 195 Å². The molecular formula is C30H48N4O9S. The van der Waals surface area contributed by atoms with E-state index in [0.29, 0.717) is 12.0 Å². The Labute approximate surface area is 259 Å². The number of carbonyl (C=O) groups is 3. The number of morpholine rings is 1. The molecule has 1 heterocycles. The van der Waals surface area contributed by atoms with Gasteiger partial charge in [0.2, 0.25) is 11.9 Å². The first-order valence-electron chi connectivity index (χ1n) is 15.5. The van der Waals surface area contributed by atoms with Crippen LogP contribution < -0.4 is 15.4 Å². The SMILES string of the molecule is CC(C)C[C@@H](O)[C@H](O)[C@H](CC1CCCCC1)NC(=O)C(NC(=O)[C@H](Cc1ccccc1)NS(=O)(=O)N1CCOCC1)C(=O)O. The van der Waals surface area contributed by atoms with E-state index in [2.05, 4.69) is 15.4 Å². The first-order valence-corrected chi connectivity index (χ1v) is 16.9. The van der Waals surface area contributed by atoms with Crippen LogP contribution in [0.4, 0.5) is 0 Å². The van der Waals surface area contributed by atoms with Crippen LogP contribution in [-0.4, -0.2) is 102 Å². The summed E-state index contributed by atoms with van der Waals surface area (Å²) in [5, 5.41) is 36.4. The molecule has 1 saturated heterocycles. The third kappa shape index (κ3) is 11.1. The van der Waals surface area contributed by atoms with Crippen LogP contribution in [0.15, 0.2) is 30.3 Å². The van der Waals surface area contributed by atoms with Gasteiger partial charge in [-0.25, -0.2) is 4.79 Å². The first kappa shape index (κ1) is 35.9. The van der Waals surface area contributed by atoms with Crippen molar-refractivity contribution in [1.29, 1.82) is 0 Å². The highest BCUT2D eigenvalue weighted by molar-refractivity contribution is 7.87. The zero-order chi connectivity index (χ0) is 32.3. The Kier molecular flexibility index (Phi) is 14.0. The molecule has 3 rings (SSSR count). The van der Waals surface area contributed by atoms with Crippen LogP contribution in [0.5, 0.6) is 0 Å². The average Bonchev–Trinajstić information content (AvgIpc) is 2.99. The smallest absolute Gasteiger partial charge is 0.336 e. The van der Waals surface area contributed by atoms with Gasteiger partial charge in [-0.1, -0.05) is 76.3 Å². The third-order valence-electron chi connectivity index (χ3n) is 8.16. The second-order valence-electron chi connectivity index (χ2n) is 12.2. The predicted molar refractivity (Wildman–Crippen MR) is 163 cm³/mol. The van der Waals surface area contributed by atoms with Crippen LogP contribution in [0.1, 0.15) is 64.4 Å². The summed E-state index contributed by atoms with van der Waals surface area (Å²) in [6, 6.07) is 4.15. The molecule has 0 radical (unpaired) electrons. The van der Waals surface area contributed by atoms with Gasteiger partial charge in [-0.2, -0.15) is 17.4 Å². The number of carbonyl (C=O) groups excluding carboxylic acids is 2. The van der Waals surface area contributed by atoms with Gasteiger partial charge >= 0.3 is 5.97 Å². The molecule has 248 valence electrons. The number of nitrogens with one attached hydrogen (secondary N) is 3. The molecule has 1 aromatic rings. The molecule has 1 aliphatic carbocycles. The van der Waals surface area contributed by atoms with Crippen LogP contribution in [0, 0.1) is 11.8 Å². The number of aliphatic hydroxyl groups is 2. The maximum atomic E-state index is 13.5. The summed E-state index contributed by atoms with van der Waals surface area (Å²) in [5.74, 6) is -3.48. The number of ether oxygens (including phenoxy) is 1. The molecule has 1 saturated carbocycles. The van der Waals surface area contributed by atoms with E-state index < -0.39 is 58.3 Å². The Balaban J connectivity index is 1.79. The molecule has 1 unspecified atom stereocenters. The maximum absolute atomic E-state index is 13.5. The van der Waals surface area contributed by atoms with E-state index in [1.54, 1.807) is 30.3 Å². The lowest BCUT2D eigenvalue weighted by molar-refractivity contribution is -0.147. The highest BCUT2D eigenvalue weighted by Crippen LogP contribution is 2.29. The van der Waals surface area contributed by atoms with Crippen LogP contribution in [0.3, 0.4) is 0 Å². The number of aliphatic carboxylic acids is 1. The average molecular weight is 641 g/mol. The van der Waals surface area contributed by atoms with Crippen LogP contribution in [0.25, 0.3) is 0 Å². The Hall–Kier alpha value is -2.62. The molecule has 14 heteroatoms. The zero-order valence-electron chi connectivity index (χ0n) is 25.6. The van der Waals surface area contributed by atoms with Crippen molar-refractivity contribution in [2.75, 3.05) is 26.3 Å². The Morgan fingerprint density at radius 1 is 0.977 bits per heavy atom. The summed E-state index contributed by atoms with van der Waals surface area (Å²) in [6.45, 7) is 4.33. The third-order valence-corrected chi connectivity index (χ3v) is 9.78. The van der Waals surface area contributed by atoms with Gasteiger partial charge in [-0.15, -0.1) is 0 Å².